The van der Waals surface area contributed by atoms with Crippen LogP contribution in [0.25, 0.3) is 0 Å². The summed E-state index contributed by atoms with van der Waals surface area (Å²) in [5.41, 5.74) is 1.24. The topological polar surface area (TPSA) is 46.2 Å². The molecule has 1 saturated carbocycles. The van der Waals surface area contributed by atoms with Crippen molar-refractivity contribution in [1.29, 1.82) is 0 Å². The average molecular weight is 273 g/mol. The van der Waals surface area contributed by atoms with Gasteiger partial charge in [0.1, 0.15) is 6.29 Å². The van der Waals surface area contributed by atoms with Crippen LogP contribution in [0.5, 0.6) is 0 Å². The summed E-state index contributed by atoms with van der Waals surface area (Å²) in [5.74, 6) is -0.0216. The number of rotatable bonds is 3. The molecule has 20 heavy (non-hydrogen) atoms. The molecule has 0 bridgehead atoms. The molecular weight excluding hydrogens is 250 g/mol. The molecule has 0 aliphatic heterocycles. The number of nitrogens with one attached hydrogen (secondary N) is 1. The largest absolute Gasteiger partial charge is 0.349 e. The maximum Gasteiger partial charge on any atom is 0.251 e. The average Bonchev–Trinajstić information content (AvgIpc) is 2.61. The zero-order valence-electron chi connectivity index (χ0n) is 11.9. The number of carbonyl (C=O) groups is 2. The third kappa shape index (κ3) is 4.48. The number of hydrogen-bond donors (Lipinski definition) is 1. The Morgan fingerprint density at radius 1 is 0.950 bits per heavy atom. The second-order valence-electron chi connectivity index (χ2n) is 5.61. The molecule has 1 N–H and O–H groups in total. The Morgan fingerprint density at radius 3 is 2.05 bits per heavy atom. The highest BCUT2D eigenvalue weighted by molar-refractivity contribution is 5.95. The van der Waals surface area contributed by atoms with E-state index in [0.717, 1.165) is 19.1 Å². The van der Waals surface area contributed by atoms with E-state index in [2.05, 4.69) is 5.32 Å². The first-order chi connectivity index (χ1) is 9.79. The summed E-state index contributed by atoms with van der Waals surface area (Å²) in [4.78, 5) is 22.8. The van der Waals surface area contributed by atoms with Gasteiger partial charge in [0.05, 0.1) is 0 Å². The van der Waals surface area contributed by atoms with Crippen molar-refractivity contribution < 1.29 is 9.59 Å². The van der Waals surface area contributed by atoms with Crippen molar-refractivity contribution in [2.45, 2.75) is 57.4 Å². The van der Waals surface area contributed by atoms with Crippen LogP contribution in [0.2, 0.25) is 0 Å². The summed E-state index contributed by atoms with van der Waals surface area (Å²) in [7, 11) is 0. The maximum absolute atomic E-state index is 12.2. The molecule has 1 aromatic rings. The molecular formula is C17H23NO2. The van der Waals surface area contributed by atoms with E-state index < -0.39 is 0 Å². The highest BCUT2D eigenvalue weighted by Crippen LogP contribution is 2.17. The molecule has 1 fully saturated rings. The van der Waals surface area contributed by atoms with Gasteiger partial charge in [0.15, 0.2) is 0 Å². The molecule has 0 saturated heterocycles. The smallest absolute Gasteiger partial charge is 0.251 e. The lowest BCUT2D eigenvalue weighted by Gasteiger charge is -2.18. The molecule has 3 heteroatoms. The predicted octanol–water partition coefficient (Wildman–Crippen LogP) is 3.73. The van der Waals surface area contributed by atoms with Crippen molar-refractivity contribution in [3.8, 4) is 0 Å². The Bertz CT molecular complexity index is 429. The van der Waals surface area contributed by atoms with Crippen molar-refractivity contribution in [1.82, 2.24) is 5.32 Å². The molecule has 1 aliphatic carbocycles. The molecule has 1 aliphatic rings. The Balaban J connectivity index is 1.92. The fourth-order valence-corrected chi connectivity index (χ4v) is 2.76. The standard InChI is InChI=1S/C17H23NO2/c19-13-14-9-11-15(12-10-14)17(20)18-16-7-5-3-1-2-4-6-8-16/h9-13,16H,1-8H2,(H,18,20). The van der Waals surface area contributed by atoms with Gasteiger partial charge in [0.2, 0.25) is 0 Å². The third-order valence-corrected chi connectivity index (χ3v) is 4.00. The lowest BCUT2D eigenvalue weighted by atomic mass is 10.0. The van der Waals surface area contributed by atoms with Gasteiger partial charge in [-0.15, -0.1) is 0 Å². The minimum atomic E-state index is -0.0216. The summed E-state index contributed by atoms with van der Waals surface area (Å²) in [5, 5.41) is 3.14. The Hall–Kier alpha value is -1.64. The van der Waals surface area contributed by atoms with Gasteiger partial charge in [-0.05, 0) is 25.0 Å². The Morgan fingerprint density at radius 2 is 1.50 bits per heavy atom. The van der Waals surface area contributed by atoms with Gasteiger partial charge in [0, 0.05) is 17.2 Å². The van der Waals surface area contributed by atoms with E-state index in [1.165, 1.54) is 38.5 Å². The Kier molecular flexibility index (Phi) is 5.78. The van der Waals surface area contributed by atoms with Crippen molar-refractivity contribution >= 4 is 12.2 Å². The van der Waals surface area contributed by atoms with Gasteiger partial charge in [-0.1, -0.05) is 50.7 Å². The van der Waals surface area contributed by atoms with Crippen LogP contribution in [-0.4, -0.2) is 18.2 Å². The van der Waals surface area contributed by atoms with Crippen molar-refractivity contribution in [3.63, 3.8) is 0 Å². The first kappa shape index (κ1) is 14.8. The summed E-state index contributed by atoms with van der Waals surface area (Å²) in [6.45, 7) is 0. The van der Waals surface area contributed by atoms with Crippen molar-refractivity contribution in [2.24, 2.45) is 0 Å². The van der Waals surface area contributed by atoms with E-state index in [1.54, 1.807) is 24.3 Å². The lowest BCUT2D eigenvalue weighted by molar-refractivity contribution is 0.0931. The molecule has 1 aromatic carbocycles. The van der Waals surface area contributed by atoms with E-state index in [1.807, 2.05) is 0 Å². The van der Waals surface area contributed by atoms with Gasteiger partial charge in [-0.2, -0.15) is 0 Å². The van der Waals surface area contributed by atoms with Crippen LogP contribution in [0.3, 0.4) is 0 Å². The highest BCUT2D eigenvalue weighted by atomic mass is 16.1. The van der Waals surface area contributed by atoms with Gasteiger partial charge in [-0.3, -0.25) is 9.59 Å². The predicted molar refractivity (Wildman–Crippen MR) is 80.0 cm³/mol. The second-order valence-corrected chi connectivity index (χ2v) is 5.61. The minimum absolute atomic E-state index is 0.0216. The van der Waals surface area contributed by atoms with Crippen LogP contribution in [-0.2, 0) is 0 Å². The van der Waals surface area contributed by atoms with E-state index in [0.29, 0.717) is 17.2 Å². The molecule has 0 unspecified atom stereocenters. The number of hydrogen-bond acceptors (Lipinski definition) is 2. The number of carbonyl (C=O) groups excluding carboxylic acids is 2. The normalized spacial score (nSPS) is 17.6. The Labute approximate surface area is 120 Å². The highest BCUT2D eigenvalue weighted by Gasteiger charge is 2.14. The van der Waals surface area contributed by atoms with Crippen LogP contribution in [0.4, 0.5) is 0 Å². The molecule has 0 spiro atoms. The summed E-state index contributed by atoms with van der Waals surface area (Å²) >= 11 is 0. The molecule has 0 heterocycles. The van der Waals surface area contributed by atoms with Crippen LogP contribution in [0.15, 0.2) is 24.3 Å². The van der Waals surface area contributed by atoms with Gasteiger partial charge in [0.25, 0.3) is 5.91 Å². The van der Waals surface area contributed by atoms with Crippen LogP contribution >= 0.6 is 0 Å². The van der Waals surface area contributed by atoms with Crippen LogP contribution in [0.1, 0.15) is 72.1 Å². The molecule has 1 amide bonds. The van der Waals surface area contributed by atoms with Gasteiger partial charge < -0.3 is 5.32 Å². The first-order valence-corrected chi connectivity index (χ1v) is 7.66. The molecule has 0 radical (unpaired) electrons. The maximum atomic E-state index is 12.2. The van der Waals surface area contributed by atoms with Gasteiger partial charge >= 0.3 is 0 Å². The zero-order valence-corrected chi connectivity index (χ0v) is 11.9. The SMILES string of the molecule is O=Cc1ccc(C(=O)NC2CCCCCCCC2)cc1. The van der Waals surface area contributed by atoms with Gasteiger partial charge in [-0.25, -0.2) is 0 Å². The first-order valence-electron chi connectivity index (χ1n) is 7.66. The van der Waals surface area contributed by atoms with E-state index in [-0.39, 0.29) is 5.91 Å². The molecule has 108 valence electrons. The minimum Gasteiger partial charge on any atom is -0.349 e. The van der Waals surface area contributed by atoms with Crippen LogP contribution < -0.4 is 5.32 Å². The summed E-state index contributed by atoms with van der Waals surface area (Å²) in [6.07, 6.45) is 10.6. The quantitative estimate of drug-likeness (QED) is 0.853. The zero-order chi connectivity index (χ0) is 14.2. The fraction of sp³-hybridized carbons (Fsp3) is 0.529. The number of benzene rings is 1. The number of amides is 1. The molecule has 3 nitrogen and oxygen atoms in total. The number of aldehydes is 1. The van der Waals surface area contributed by atoms with Crippen molar-refractivity contribution in [2.75, 3.05) is 0 Å². The van der Waals surface area contributed by atoms with Crippen LogP contribution in [0, 0.1) is 0 Å². The molecule has 0 atom stereocenters. The second kappa shape index (κ2) is 7.83. The third-order valence-electron chi connectivity index (χ3n) is 4.00. The fourth-order valence-electron chi connectivity index (χ4n) is 2.76. The van der Waals surface area contributed by atoms with E-state index in [9.17, 15) is 9.59 Å². The lowest BCUT2D eigenvalue weighted by Crippen LogP contribution is -2.34. The summed E-state index contributed by atoms with van der Waals surface area (Å²) < 4.78 is 0. The monoisotopic (exact) mass is 273 g/mol. The van der Waals surface area contributed by atoms with Crippen molar-refractivity contribution in [3.05, 3.63) is 35.4 Å². The van der Waals surface area contributed by atoms with E-state index >= 15 is 0 Å². The van der Waals surface area contributed by atoms with E-state index in [4.69, 9.17) is 0 Å². The molecule has 2 rings (SSSR count). The summed E-state index contributed by atoms with van der Waals surface area (Å²) in [6, 6.07) is 7.10. The molecule has 0 aromatic heterocycles.